The number of hydrogen-bond donors (Lipinski definition) is 0. The van der Waals surface area contributed by atoms with Gasteiger partial charge in [-0.25, -0.2) is 4.79 Å². The second-order valence-corrected chi connectivity index (χ2v) is 1.89. The molecule has 0 fully saturated rings. The van der Waals surface area contributed by atoms with Crippen LogP contribution in [-0.4, -0.2) is 26.5 Å². The second-order valence-electron chi connectivity index (χ2n) is 1.89. The Hall–Kier alpha value is -1.23. The highest BCUT2D eigenvalue weighted by molar-refractivity contribution is 5.89. The maximum atomic E-state index is 10.8. The van der Waals surface area contributed by atoms with E-state index in [4.69, 9.17) is 0 Å². The summed E-state index contributed by atoms with van der Waals surface area (Å²) < 4.78 is 13.4. The molecule has 0 radical (unpaired) electrons. The van der Waals surface area contributed by atoms with Crippen LogP contribution in [0.4, 0.5) is 0 Å². The van der Waals surface area contributed by atoms with Crippen molar-refractivity contribution in [3.8, 4) is 0 Å². The standard InChI is InChI=1S/C6H8O5/c1-9-2-4-5(7)10-3-11-6(4)8/h7H,2-3H2,1H3/p-1. The summed E-state index contributed by atoms with van der Waals surface area (Å²) in [5.74, 6) is -1.33. The Morgan fingerprint density at radius 2 is 2.36 bits per heavy atom. The molecular weight excluding hydrogens is 152 g/mol. The molecule has 0 aromatic rings. The Labute approximate surface area is 63.2 Å². The SMILES string of the molecule is COCC1=C([O-])OCOC1=O. The van der Waals surface area contributed by atoms with Gasteiger partial charge in [-0.3, -0.25) is 0 Å². The molecule has 1 aliphatic rings. The number of carbonyl (C=O) groups excluding carboxylic acids is 1. The number of esters is 1. The molecule has 62 valence electrons. The van der Waals surface area contributed by atoms with E-state index in [1.54, 1.807) is 0 Å². The van der Waals surface area contributed by atoms with Crippen molar-refractivity contribution in [1.29, 1.82) is 0 Å². The summed E-state index contributed by atoms with van der Waals surface area (Å²) in [7, 11) is 1.38. The Kier molecular flexibility index (Phi) is 2.32. The lowest BCUT2D eigenvalue weighted by Gasteiger charge is -2.24. The second kappa shape index (κ2) is 3.25. The van der Waals surface area contributed by atoms with Crippen molar-refractivity contribution in [2.24, 2.45) is 0 Å². The van der Waals surface area contributed by atoms with Gasteiger partial charge >= 0.3 is 5.97 Å². The molecule has 0 bridgehead atoms. The lowest BCUT2D eigenvalue weighted by Crippen LogP contribution is -2.27. The number of rotatable bonds is 2. The largest absolute Gasteiger partial charge is 0.579 e. The van der Waals surface area contributed by atoms with Crippen molar-refractivity contribution in [3.63, 3.8) is 0 Å². The molecule has 5 heteroatoms. The van der Waals surface area contributed by atoms with Gasteiger partial charge in [0.2, 0.25) is 0 Å². The van der Waals surface area contributed by atoms with Crippen LogP contribution in [0.3, 0.4) is 0 Å². The molecule has 0 aromatic heterocycles. The Morgan fingerprint density at radius 3 is 2.91 bits per heavy atom. The number of methoxy groups -OCH3 is 1. The maximum Gasteiger partial charge on any atom is 0.339 e. The summed E-state index contributed by atoms with van der Waals surface area (Å²) in [5.41, 5.74) is -0.0984. The van der Waals surface area contributed by atoms with Gasteiger partial charge in [-0.1, -0.05) is 0 Å². The van der Waals surface area contributed by atoms with Crippen LogP contribution in [0, 0.1) is 0 Å². The van der Waals surface area contributed by atoms with Gasteiger partial charge in [-0.05, 0) is 0 Å². The predicted molar refractivity (Wildman–Crippen MR) is 30.9 cm³/mol. The van der Waals surface area contributed by atoms with Crippen LogP contribution in [0.1, 0.15) is 0 Å². The molecule has 0 aromatic carbocycles. The number of carbonyl (C=O) groups is 1. The maximum absolute atomic E-state index is 10.8. The van der Waals surface area contributed by atoms with E-state index in [9.17, 15) is 9.90 Å². The summed E-state index contributed by atoms with van der Waals surface area (Å²) in [6.45, 7) is -0.372. The van der Waals surface area contributed by atoms with E-state index in [0.29, 0.717) is 0 Å². The first-order chi connectivity index (χ1) is 5.25. The smallest absolute Gasteiger partial charge is 0.339 e. The van der Waals surface area contributed by atoms with Crippen molar-refractivity contribution in [2.45, 2.75) is 0 Å². The molecule has 0 amide bonds. The van der Waals surface area contributed by atoms with Crippen LogP contribution in [0.15, 0.2) is 11.5 Å². The summed E-state index contributed by atoms with van der Waals surface area (Å²) in [5, 5.41) is 10.8. The van der Waals surface area contributed by atoms with Gasteiger partial charge in [0.1, 0.15) is 6.79 Å². The molecule has 0 spiro atoms. The molecule has 0 saturated heterocycles. The number of ether oxygens (including phenoxy) is 3. The summed E-state index contributed by atoms with van der Waals surface area (Å²) in [6, 6.07) is 0. The van der Waals surface area contributed by atoms with Gasteiger partial charge in [0.15, 0.2) is 0 Å². The van der Waals surface area contributed by atoms with Crippen LogP contribution >= 0.6 is 0 Å². The quantitative estimate of drug-likeness (QED) is 0.470. The highest BCUT2D eigenvalue weighted by atomic mass is 16.7. The average molecular weight is 159 g/mol. The zero-order valence-electron chi connectivity index (χ0n) is 5.96. The summed E-state index contributed by atoms with van der Waals surface area (Å²) >= 11 is 0. The number of cyclic esters (lactones) is 1. The normalized spacial score (nSPS) is 17.7. The third-order valence-corrected chi connectivity index (χ3v) is 1.16. The molecule has 0 atom stereocenters. The van der Waals surface area contributed by atoms with Crippen LogP contribution in [-0.2, 0) is 19.0 Å². The van der Waals surface area contributed by atoms with E-state index in [-0.39, 0.29) is 19.0 Å². The Bertz CT molecular complexity index is 195. The molecule has 0 unspecified atom stereocenters. The molecule has 0 aliphatic carbocycles. The Balaban J connectivity index is 2.74. The number of hydrogen-bond acceptors (Lipinski definition) is 5. The van der Waals surface area contributed by atoms with Crippen LogP contribution in [0.5, 0.6) is 0 Å². The topological polar surface area (TPSA) is 67.8 Å². The van der Waals surface area contributed by atoms with E-state index in [1.807, 2.05) is 0 Å². The van der Waals surface area contributed by atoms with Crippen LogP contribution in [0.25, 0.3) is 0 Å². The van der Waals surface area contributed by atoms with Crippen molar-refractivity contribution in [2.75, 3.05) is 20.5 Å². The van der Waals surface area contributed by atoms with E-state index < -0.39 is 11.9 Å². The van der Waals surface area contributed by atoms with Gasteiger partial charge in [0.05, 0.1) is 18.1 Å². The van der Waals surface area contributed by atoms with Crippen molar-refractivity contribution in [1.82, 2.24) is 0 Å². The first-order valence-corrected chi connectivity index (χ1v) is 2.94. The van der Waals surface area contributed by atoms with E-state index in [2.05, 4.69) is 14.2 Å². The molecule has 1 aliphatic heterocycles. The first kappa shape index (κ1) is 7.87. The lowest BCUT2D eigenvalue weighted by atomic mass is 10.3. The molecule has 11 heavy (non-hydrogen) atoms. The molecule has 0 N–H and O–H groups in total. The van der Waals surface area contributed by atoms with Gasteiger partial charge in [0, 0.05) is 7.11 Å². The predicted octanol–water partition coefficient (Wildman–Crippen LogP) is -1.26. The minimum absolute atomic E-state index is 0.0718. The van der Waals surface area contributed by atoms with Crippen LogP contribution < -0.4 is 5.11 Å². The fraction of sp³-hybridized carbons (Fsp3) is 0.500. The summed E-state index contributed by atoms with van der Waals surface area (Å²) in [4.78, 5) is 10.8. The van der Waals surface area contributed by atoms with Crippen LogP contribution in [0.2, 0.25) is 0 Å². The van der Waals surface area contributed by atoms with Crippen molar-refractivity contribution in [3.05, 3.63) is 11.5 Å². The molecule has 1 rings (SSSR count). The molecule has 5 nitrogen and oxygen atoms in total. The molecule has 1 heterocycles. The van der Waals surface area contributed by atoms with E-state index >= 15 is 0 Å². The van der Waals surface area contributed by atoms with Gasteiger partial charge < -0.3 is 19.3 Å². The third-order valence-electron chi connectivity index (χ3n) is 1.16. The van der Waals surface area contributed by atoms with Crippen molar-refractivity contribution >= 4 is 5.97 Å². The van der Waals surface area contributed by atoms with Crippen molar-refractivity contribution < 1.29 is 24.1 Å². The highest BCUT2D eigenvalue weighted by Crippen LogP contribution is 2.09. The minimum Gasteiger partial charge on any atom is -0.579 e. The van der Waals surface area contributed by atoms with Gasteiger partial charge in [-0.2, -0.15) is 0 Å². The zero-order valence-corrected chi connectivity index (χ0v) is 5.96. The van der Waals surface area contributed by atoms with E-state index in [0.717, 1.165) is 0 Å². The highest BCUT2D eigenvalue weighted by Gasteiger charge is 2.16. The molecule has 0 saturated carbocycles. The van der Waals surface area contributed by atoms with E-state index in [1.165, 1.54) is 7.11 Å². The third kappa shape index (κ3) is 1.62. The minimum atomic E-state index is -0.664. The van der Waals surface area contributed by atoms with Gasteiger partial charge in [0.25, 0.3) is 0 Å². The fourth-order valence-corrected chi connectivity index (χ4v) is 0.656. The molecular formula is C6H7O5-. The summed E-state index contributed by atoms with van der Waals surface area (Å²) in [6.07, 6.45) is 0. The monoisotopic (exact) mass is 159 g/mol. The average Bonchev–Trinajstić information content (AvgIpc) is 1.97. The fourth-order valence-electron chi connectivity index (χ4n) is 0.656. The zero-order chi connectivity index (χ0) is 8.27. The first-order valence-electron chi connectivity index (χ1n) is 2.94. The lowest BCUT2D eigenvalue weighted by molar-refractivity contribution is -0.370. The van der Waals surface area contributed by atoms with Gasteiger partial charge in [-0.15, -0.1) is 0 Å². The Morgan fingerprint density at radius 1 is 1.64 bits per heavy atom.